The van der Waals surface area contributed by atoms with Crippen LogP contribution in [-0.4, -0.2) is 65.2 Å². The van der Waals surface area contributed by atoms with Gasteiger partial charge in [-0.05, 0) is 74.9 Å². The van der Waals surface area contributed by atoms with E-state index in [0.717, 1.165) is 61.6 Å². The second-order valence-corrected chi connectivity index (χ2v) is 9.28. The molecule has 0 saturated carbocycles. The number of ether oxygens (including phenoxy) is 2. The molecule has 0 aliphatic carbocycles. The zero-order valence-electron chi connectivity index (χ0n) is 18.8. The van der Waals surface area contributed by atoms with Gasteiger partial charge in [-0.1, -0.05) is 0 Å². The fourth-order valence-electron chi connectivity index (χ4n) is 5.52. The minimum Gasteiger partial charge on any atom is -0.467 e. The molecule has 3 aliphatic heterocycles. The van der Waals surface area contributed by atoms with Crippen LogP contribution in [0.5, 0.6) is 6.01 Å². The van der Waals surface area contributed by atoms with Crippen molar-refractivity contribution in [3.05, 3.63) is 35.5 Å². The van der Waals surface area contributed by atoms with Crippen LogP contribution in [0.25, 0.3) is 16.7 Å². The summed E-state index contributed by atoms with van der Waals surface area (Å²) >= 11 is 0. The number of anilines is 1. The number of benzene rings is 1. The number of morpholine rings is 1. The molecule has 1 N–H and O–H groups in total. The quantitative estimate of drug-likeness (QED) is 0.676. The van der Waals surface area contributed by atoms with Crippen LogP contribution in [0.3, 0.4) is 0 Å². The third-order valence-electron chi connectivity index (χ3n) is 7.18. The maximum absolute atomic E-state index is 6.01. The van der Waals surface area contributed by atoms with Crippen LogP contribution in [0.1, 0.15) is 42.7 Å². The highest BCUT2D eigenvalue weighted by Gasteiger charge is 2.34. The first kappa shape index (κ1) is 19.9. The lowest BCUT2D eigenvalue weighted by Gasteiger charge is -2.33. The minimum atomic E-state index is 0.291. The Labute approximate surface area is 187 Å². The summed E-state index contributed by atoms with van der Waals surface area (Å²) in [5.74, 6) is 2.20. The third kappa shape index (κ3) is 3.51. The first-order valence-electron chi connectivity index (χ1n) is 11.7. The van der Waals surface area contributed by atoms with E-state index >= 15 is 0 Å². The number of piperidine rings is 1. The number of rotatable bonds is 4. The Kier molecular flexibility index (Phi) is 4.99. The Morgan fingerprint density at radius 1 is 1.00 bits per heavy atom. The summed E-state index contributed by atoms with van der Waals surface area (Å²) in [4.78, 5) is 11.6. The number of aromatic nitrogens is 4. The number of hydrogen-bond acceptors (Lipinski definition) is 7. The Morgan fingerprint density at radius 3 is 2.50 bits per heavy atom. The lowest BCUT2D eigenvalue weighted by molar-refractivity contribution is 0.0302. The molecular formula is C24H30N6O2. The van der Waals surface area contributed by atoms with Gasteiger partial charge in [0.05, 0.1) is 31.0 Å². The monoisotopic (exact) mass is 434 g/mol. The van der Waals surface area contributed by atoms with E-state index in [1.807, 2.05) is 16.9 Å². The van der Waals surface area contributed by atoms with Crippen molar-refractivity contribution in [1.29, 1.82) is 0 Å². The van der Waals surface area contributed by atoms with E-state index in [2.05, 4.69) is 39.2 Å². The molecule has 5 heterocycles. The molecule has 6 rings (SSSR count). The molecule has 3 fully saturated rings. The number of nitrogens with zero attached hydrogens (tertiary/aromatic N) is 5. The summed E-state index contributed by atoms with van der Waals surface area (Å²) < 4.78 is 13.4. The number of nitrogens with one attached hydrogen (secondary N) is 1. The lowest BCUT2D eigenvalue weighted by Crippen LogP contribution is -2.43. The Balaban J connectivity index is 1.41. The van der Waals surface area contributed by atoms with Gasteiger partial charge in [0.1, 0.15) is 5.82 Å². The van der Waals surface area contributed by atoms with E-state index in [1.165, 1.54) is 24.0 Å². The van der Waals surface area contributed by atoms with Crippen molar-refractivity contribution in [3.8, 4) is 11.8 Å². The number of methoxy groups -OCH3 is 1. The number of fused-ring (bicyclic) bond motifs is 3. The topological polar surface area (TPSA) is 77.3 Å². The fraction of sp³-hybridized carbons (Fsp3) is 0.542. The van der Waals surface area contributed by atoms with E-state index in [9.17, 15) is 0 Å². The van der Waals surface area contributed by atoms with Gasteiger partial charge in [0.15, 0.2) is 5.82 Å². The van der Waals surface area contributed by atoms with Gasteiger partial charge in [-0.15, -0.1) is 0 Å². The molecule has 168 valence electrons. The van der Waals surface area contributed by atoms with Gasteiger partial charge in [0.25, 0.3) is 0 Å². The molecule has 32 heavy (non-hydrogen) atoms. The zero-order chi connectivity index (χ0) is 21.7. The summed E-state index contributed by atoms with van der Waals surface area (Å²) in [7, 11) is 1.62. The molecule has 2 bridgehead atoms. The molecule has 3 aromatic rings. The second kappa shape index (κ2) is 8.01. The summed E-state index contributed by atoms with van der Waals surface area (Å²) in [5.41, 5.74) is 3.85. The van der Waals surface area contributed by atoms with Crippen LogP contribution < -0.4 is 15.0 Å². The molecule has 2 atom stereocenters. The van der Waals surface area contributed by atoms with Crippen LogP contribution in [0, 0.1) is 6.92 Å². The van der Waals surface area contributed by atoms with Gasteiger partial charge < -0.3 is 19.7 Å². The second-order valence-electron chi connectivity index (χ2n) is 9.28. The van der Waals surface area contributed by atoms with Crippen LogP contribution >= 0.6 is 0 Å². The molecule has 0 radical (unpaired) electrons. The van der Waals surface area contributed by atoms with Crippen molar-refractivity contribution in [2.75, 3.05) is 38.2 Å². The van der Waals surface area contributed by atoms with Crippen LogP contribution in [-0.2, 0) is 4.74 Å². The molecular weight excluding hydrogens is 404 g/mol. The molecule has 0 amide bonds. The zero-order valence-corrected chi connectivity index (χ0v) is 18.8. The van der Waals surface area contributed by atoms with Gasteiger partial charge >= 0.3 is 6.01 Å². The van der Waals surface area contributed by atoms with Gasteiger partial charge in [0, 0.05) is 24.5 Å². The first-order valence-corrected chi connectivity index (χ1v) is 11.7. The Bertz CT molecular complexity index is 1130. The van der Waals surface area contributed by atoms with Crippen molar-refractivity contribution in [2.24, 2.45) is 0 Å². The van der Waals surface area contributed by atoms with Crippen LogP contribution in [0.2, 0.25) is 0 Å². The van der Waals surface area contributed by atoms with Crippen molar-refractivity contribution >= 4 is 16.7 Å². The van der Waals surface area contributed by atoms with Crippen molar-refractivity contribution in [2.45, 2.75) is 50.7 Å². The number of hydrogen-bond donors (Lipinski definition) is 1. The van der Waals surface area contributed by atoms with Crippen LogP contribution in [0.15, 0.2) is 24.4 Å². The van der Waals surface area contributed by atoms with Gasteiger partial charge in [-0.25, -0.2) is 4.68 Å². The smallest absolute Gasteiger partial charge is 0.320 e. The van der Waals surface area contributed by atoms with Gasteiger partial charge in [-0.3, -0.25) is 0 Å². The van der Waals surface area contributed by atoms with E-state index < -0.39 is 0 Å². The Hall–Kier alpha value is -2.71. The molecule has 3 saturated heterocycles. The predicted octanol–water partition coefficient (Wildman–Crippen LogP) is 2.97. The average Bonchev–Trinajstić information content (AvgIpc) is 3.40. The number of aryl methyl sites for hydroxylation is 1. The summed E-state index contributed by atoms with van der Waals surface area (Å²) in [6.45, 7) is 6.08. The molecule has 8 heteroatoms. The summed E-state index contributed by atoms with van der Waals surface area (Å²) in [5, 5.41) is 9.31. The maximum atomic E-state index is 6.01. The highest BCUT2D eigenvalue weighted by Crippen LogP contribution is 2.33. The molecule has 0 spiro atoms. The van der Waals surface area contributed by atoms with Crippen LogP contribution in [0.4, 0.5) is 5.82 Å². The van der Waals surface area contributed by atoms with Crippen molar-refractivity contribution in [1.82, 2.24) is 25.1 Å². The summed E-state index contributed by atoms with van der Waals surface area (Å²) in [6.07, 6.45) is 7.10. The fourth-order valence-corrected chi connectivity index (χ4v) is 5.52. The largest absolute Gasteiger partial charge is 0.467 e. The average molecular weight is 435 g/mol. The predicted molar refractivity (Wildman–Crippen MR) is 123 cm³/mol. The van der Waals surface area contributed by atoms with E-state index in [-0.39, 0.29) is 0 Å². The highest BCUT2D eigenvalue weighted by molar-refractivity contribution is 5.82. The van der Waals surface area contributed by atoms with Crippen molar-refractivity contribution < 1.29 is 9.47 Å². The van der Waals surface area contributed by atoms with E-state index in [0.29, 0.717) is 24.1 Å². The molecule has 1 aromatic carbocycles. The minimum absolute atomic E-state index is 0.291. The molecule has 8 nitrogen and oxygen atoms in total. The standard InChI is InChI=1S/C24H30N6O2/c1-15-9-17-12-26-30(21(17)10-20(15)16-5-7-25-8-6-16)23-11-22(27-24(28-23)31-2)29-13-18-3-4-19(14-29)32-18/h9-12,16,18-19,25H,3-8,13-14H2,1-2H3. The maximum Gasteiger partial charge on any atom is 0.320 e. The van der Waals surface area contributed by atoms with Gasteiger partial charge in [-0.2, -0.15) is 15.1 Å². The normalized spacial score (nSPS) is 23.8. The van der Waals surface area contributed by atoms with Crippen molar-refractivity contribution in [3.63, 3.8) is 0 Å². The third-order valence-corrected chi connectivity index (χ3v) is 7.18. The van der Waals surface area contributed by atoms with E-state index in [4.69, 9.17) is 14.6 Å². The van der Waals surface area contributed by atoms with E-state index in [1.54, 1.807) is 7.11 Å². The highest BCUT2D eigenvalue weighted by atomic mass is 16.5. The molecule has 2 aromatic heterocycles. The molecule has 2 unspecified atom stereocenters. The SMILES string of the molecule is COc1nc(N2CC3CCC(C2)O3)cc(-n2ncc3cc(C)c(C4CCNCC4)cc32)n1. The van der Waals surface area contributed by atoms with Gasteiger partial charge in [0.2, 0.25) is 0 Å². The summed E-state index contributed by atoms with van der Waals surface area (Å²) in [6, 6.07) is 6.97. The molecule has 3 aliphatic rings. The lowest BCUT2D eigenvalue weighted by atomic mass is 9.87. The first-order chi connectivity index (χ1) is 15.7. The Morgan fingerprint density at radius 2 is 1.75 bits per heavy atom.